The quantitative estimate of drug-likeness (QED) is 0.121. The molecule has 13 aromatic carbocycles. The van der Waals surface area contributed by atoms with Crippen LogP contribution in [0.4, 0.5) is 34.1 Å². The van der Waals surface area contributed by atoms with Gasteiger partial charge in [0.05, 0.1) is 33.4 Å². The highest BCUT2D eigenvalue weighted by Crippen LogP contribution is 2.53. The molecule has 0 saturated heterocycles. The second-order valence-corrected chi connectivity index (χ2v) is 21.4. The highest BCUT2D eigenvalue weighted by Gasteiger charge is 2.28. The van der Waals surface area contributed by atoms with E-state index in [2.05, 4.69) is 340 Å². The van der Waals surface area contributed by atoms with Crippen LogP contribution in [-0.2, 0) is 0 Å². The molecule has 0 saturated carbocycles. The molecule has 2 aromatic heterocycles. The third-order valence-corrected chi connectivity index (χ3v) is 16.3. The molecule has 0 radical (unpaired) electrons. The molecule has 0 aliphatic carbocycles. The Labute approximate surface area is 487 Å². The second-order valence-electron chi connectivity index (χ2n) is 21.0. The van der Waals surface area contributed by atoms with Crippen molar-refractivity contribution in [2.45, 2.75) is 0 Å². The molecule has 0 aliphatic rings. The number of para-hydroxylation sites is 6. The average molecular weight is 1080 g/mol. The minimum Gasteiger partial charge on any atom is -0.309 e. The molecule has 83 heavy (non-hydrogen) atoms. The molecule has 392 valence electrons. The van der Waals surface area contributed by atoms with Crippen molar-refractivity contribution in [2.75, 3.05) is 9.80 Å². The van der Waals surface area contributed by atoms with Crippen molar-refractivity contribution < 1.29 is 0 Å². The number of benzene rings is 13. The van der Waals surface area contributed by atoms with Crippen LogP contribution in [-0.4, -0.2) is 9.13 Å². The predicted molar refractivity (Wildman–Crippen MR) is 351 cm³/mol. The second kappa shape index (κ2) is 21.1. The van der Waals surface area contributed by atoms with Crippen LogP contribution in [0.5, 0.6) is 0 Å². The fourth-order valence-electron chi connectivity index (χ4n) is 12.5. The van der Waals surface area contributed by atoms with E-state index in [-0.39, 0.29) is 0 Å². The van der Waals surface area contributed by atoms with Crippen LogP contribution in [0.15, 0.2) is 322 Å². The number of nitrogens with zero attached hydrogens (tertiary/aromatic N) is 4. The first-order valence-corrected chi connectivity index (χ1v) is 28.6. The fourth-order valence-corrected chi connectivity index (χ4v) is 12.7. The van der Waals surface area contributed by atoms with Crippen molar-refractivity contribution >= 4 is 89.3 Å². The molecule has 0 atom stereocenters. The lowest BCUT2D eigenvalue weighted by atomic mass is 9.93. The number of fused-ring (bicyclic) bond motifs is 6. The molecule has 0 amide bonds. The lowest BCUT2D eigenvalue weighted by Crippen LogP contribution is -2.16. The summed E-state index contributed by atoms with van der Waals surface area (Å²) in [5, 5.41) is 5.30. The first-order chi connectivity index (χ1) is 41.1. The van der Waals surface area contributed by atoms with Gasteiger partial charge in [-0.15, -0.1) is 0 Å². The summed E-state index contributed by atoms with van der Waals surface area (Å²) in [6.45, 7) is 0. The lowest BCUT2D eigenvalue weighted by Gasteiger charge is -2.34. The number of halogens is 1. The van der Waals surface area contributed by atoms with Gasteiger partial charge in [-0.3, -0.25) is 0 Å². The number of hydrogen-bond acceptors (Lipinski definition) is 2. The summed E-state index contributed by atoms with van der Waals surface area (Å²) in [6.07, 6.45) is 0. The van der Waals surface area contributed by atoms with E-state index in [1.165, 1.54) is 21.5 Å². The van der Waals surface area contributed by atoms with Crippen LogP contribution in [0.2, 0.25) is 5.02 Å². The smallest absolute Gasteiger partial charge is 0.0618 e. The Morgan fingerprint density at radius 3 is 0.880 bits per heavy atom. The summed E-state index contributed by atoms with van der Waals surface area (Å²) in [4.78, 5) is 4.89. The summed E-state index contributed by atoms with van der Waals surface area (Å²) < 4.78 is 4.80. The van der Waals surface area contributed by atoms with E-state index < -0.39 is 0 Å². The zero-order chi connectivity index (χ0) is 55.2. The highest BCUT2D eigenvalue weighted by molar-refractivity contribution is 6.31. The van der Waals surface area contributed by atoms with Crippen molar-refractivity contribution in [3.8, 4) is 55.9 Å². The summed E-state index contributed by atoms with van der Waals surface area (Å²) in [7, 11) is 0. The van der Waals surface area contributed by atoms with Crippen LogP contribution in [0, 0.1) is 0 Å². The normalized spacial score (nSPS) is 11.4. The third kappa shape index (κ3) is 8.81. The minimum absolute atomic E-state index is 0.586. The molecule has 0 bridgehead atoms. The third-order valence-electron chi connectivity index (χ3n) is 16.1. The maximum atomic E-state index is 7.86. The summed E-state index contributed by atoms with van der Waals surface area (Å²) in [5.41, 5.74) is 21.1. The van der Waals surface area contributed by atoms with Crippen molar-refractivity contribution in [1.82, 2.24) is 9.13 Å². The van der Waals surface area contributed by atoms with Gasteiger partial charge in [-0.2, -0.15) is 0 Å². The summed E-state index contributed by atoms with van der Waals surface area (Å²) in [6, 6.07) is 116. The molecule has 0 N–H and O–H groups in total. The fraction of sp³-hybridized carbons (Fsp3) is 0. The van der Waals surface area contributed by atoms with Gasteiger partial charge in [0.15, 0.2) is 0 Å². The minimum atomic E-state index is 0.586. The SMILES string of the molecule is Clc1cc(N(c2ccc3c4ccccc4n(-c4ccccc4)c3c2)c2c(-c3ccccc3)cccc2-c2ccccc2)cc(N(c2ccc3c4ccccc4n(-c4ccccc4)c3c2)c2c(-c3ccccc3)cccc2-c2ccccc2)c1. The monoisotopic (exact) mass is 1080 g/mol. The lowest BCUT2D eigenvalue weighted by molar-refractivity contribution is 1.17. The van der Waals surface area contributed by atoms with Gasteiger partial charge in [0.2, 0.25) is 0 Å². The van der Waals surface area contributed by atoms with E-state index in [9.17, 15) is 0 Å². The Kier molecular flexibility index (Phi) is 12.6. The van der Waals surface area contributed by atoms with Gasteiger partial charge in [-0.05, 0) is 101 Å². The Morgan fingerprint density at radius 2 is 0.530 bits per heavy atom. The van der Waals surface area contributed by atoms with Crippen molar-refractivity contribution in [2.24, 2.45) is 0 Å². The number of rotatable bonds is 12. The molecule has 0 fully saturated rings. The molecule has 15 rings (SSSR count). The Balaban J connectivity index is 1.06. The van der Waals surface area contributed by atoms with E-state index in [0.29, 0.717) is 5.02 Å². The van der Waals surface area contributed by atoms with Crippen molar-refractivity contribution in [3.63, 3.8) is 0 Å². The van der Waals surface area contributed by atoms with Gasteiger partial charge in [0, 0.05) is 82.9 Å². The van der Waals surface area contributed by atoms with Crippen molar-refractivity contribution in [1.29, 1.82) is 0 Å². The highest BCUT2D eigenvalue weighted by atomic mass is 35.5. The molecule has 2 heterocycles. The Hall–Kier alpha value is -10.7. The summed E-state index contributed by atoms with van der Waals surface area (Å²) in [5.74, 6) is 0. The topological polar surface area (TPSA) is 16.3 Å². The van der Waals surface area contributed by atoms with E-state index in [1.807, 2.05) is 0 Å². The number of anilines is 6. The van der Waals surface area contributed by atoms with Gasteiger partial charge in [0.1, 0.15) is 0 Å². The van der Waals surface area contributed by atoms with Crippen molar-refractivity contribution in [3.05, 3.63) is 327 Å². The van der Waals surface area contributed by atoms with Gasteiger partial charge in [-0.25, -0.2) is 0 Å². The number of hydrogen-bond donors (Lipinski definition) is 0. The van der Waals surface area contributed by atoms with E-state index in [0.717, 1.165) is 112 Å². The van der Waals surface area contributed by atoms with Crippen LogP contribution in [0.1, 0.15) is 0 Å². The maximum absolute atomic E-state index is 7.86. The van der Waals surface area contributed by atoms with Gasteiger partial charge < -0.3 is 18.9 Å². The number of aromatic nitrogens is 2. The van der Waals surface area contributed by atoms with Crippen LogP contribution in [0.3, 0.4) is 0 Å². The van der Waals surface area contributed by atoms with Gasteiger partial charge in [0.25, 0.3) is 0 Å². The Bertz CT molecular complexity index is 4420. The summed E-state index contributed by atoms with van der Waals surface area (Å²) >= 11 is 7.86. The largest absolute Gasteiger partial charge is 0.309 e. The molecule has 15 aromatic rings. The van der Waals surface area contributed by atoms with Gasteiger partial charge in [-0.1, -0.05) is 254 Å². The van der Waals surface area contributed by atoms with Crippen LogP contribution in [0.25, 0.3) is 99.5 Å². The van der Waals surface area contributed by atoms with E-state index in [4.69, 9.17) is 11.6 Å². The zero-order valence-electron chi connectivity index (χ0n) is 45.3. The van der Waals surface area contributed by atoms with E-state index >= 15 is 0 Å². The maximum Gasteiger partial charge on any atom is 0.0618 e. The average Bonchev–Trinajstić information content (AvgIpc) is 4.27. The van der Waals surface area contributed by atoms with Crippen LogP contribution < -0.4 is 9.80 Å². The van der Waals surface area contributed by atoms with Gasteiger partial charge >= 0.3 is 0 Å². The standard InChI is InChI=1S/C78H53ClN4/c79-58-49-63(80(77-65(54-25-7-1-8-26-54)39-23-40-66(77)55-27-9-2-10-28-55)61-45-47-71-69-37-19-21-43-73(69)82(75(71)52-61)59-33-15-5-16-34-59)51-64(50-58)81(78-67(56-29-11-3-12-30-56)41-24-42-68(78)57-31-13-4-14-32-57)62-46-48-72-70-38-20-22-44-74(70)83(76(72)53-62)60-35-17-6-18-36-60/h1-53H. The molecule has 5 heteroatoms. The molecule has 4 nitrogen and oxygen atoms in total. The first-order valence-electron chi connectivity index (χ1n) is 28.2. The molecular formula is C78H53ClN4. The predicted octanol–water partition coefficient (Wildman–Crippen LogP) is 22.1. The Morgan fingerprint density at radius 1 is 0.229 bits per heavy atom. The van der Waals surface area contributed by atoms with Crippen LogP contribution >= 0.6 is 11.6 Å². The van der Waals surface area contributed by atoms with E-state index in [1.54, 1.807) is 0 Å². The first kappa shape index (κ1) is 49.4. The molecular weight excluding hydrogens is 1030 g/mol. The molecule has 0 aliphatic heterocycles. The molecule has 0 spiro atoms. The molecule has 0 unspecified atom stereocenters. The zero-order valence-corrected chi connectivity index (χ0v) is 46.0.